The Kier molecular flexibility index (Phi) is 6.29. The maximum absolute atomic E-state index is 13.7. The van der Waals surface area contributed by atoms with Crippen molar-refractivity contribution in [2.75, 3.05) is 13.2 Å². The van der Waals surface area contributed by atoms with Crippen LogP contribution in [-0.4, -0.2) is 19.1 Å². The van der Waals surface area contributed by atoms with E-state index in [2.05, 4.69) is 12.2 Å². The second-order valence-electron chi connectivity index (χ2n) is 4.52. The van der Waals surface area contributed by atoms with E-state index in [1.165, 1.54) is 6.07 Å². The molecule has 1 unspecified atom stereocenters. The number of hydrogen-bond acceptors (Lipinski definition) is 3. The number of nitrogens with two attached hydrogens (primary N) is 1. The number of primary amides is 1. The SMILES string of the molecule is CCCNCc1cccc(F)c1OCC(C)C(N)=O. The summed E-state index contributed by atoms with van der Waals surface area (Å²) in [5.41, 5.74) is 5.89. The predicted octanol–water partition coefficient (Wildman–Crippen LogP) is 1.83. The first-order valence-corrected chi connectivity index (χ1v) is 6.46. The van der Waals surface area contributed by atoms with Crippen molar-refractivity contribution in [3.05, 3.63) is 29.6 Å². The molecule has 1 amide bonds. The van der Waals surface area contributed by atoms with Gasteiger partial charge in [0, 0.05) is 12.1 Å². The van der Waals surface area contributed by atoms with Crippen LogP contribution in [-0.2, 0) is 11.3 Å². The monoisotopic (exact) mass is 268 g/mol. The molecule has 0 aliphatic heterocycles. The Hall–Kier alpha value is -1.62. The van der Waals surface area contributed by atoms with E-state index in [9.17, 15) is 9.18 Å². The summed E-state index contributed by atoms with van der Waals surface area (Å²) in [4.78, 5) is 10.9. The topological polar surface area (TPSA) is 64.3 Å². The molecule has 0 aliphatic carbocycles. The van der Waals surface area contributed by atoms with Crippen LogP contribution in [0.25, 0.3) is 0 Å². The molecule has 0 bridgehead atoms. The Balaban J connectivity index is 2.71. The minimum atomic E-state index is -0.456. The summed E-state index contributed by atoms with van der Waals surface area (Å²) in [7, 11) is 0. The molecule has 0 aromatic heterocycles. The van der Waals surface area contributed by atoms with Gasteiger partial charge in [0.05, 0.1) is 12.5 Å². The van der Waals surface area contributed by atoms with Crippen LogP contribution in [0.15, 0.2) is 18.2 Å². The lowest BCUT2D eigenvalue weighted by Gasteiger charge is -2.14. The van der Waals surface area contributed by atoms with Crippen LogP contribution in [0.5, 0.6) is 5.75 Å². The number of nitrogens with one attached hydrogen (secondary N) is 1. The fourth-order valence-electron chi connectivity index (χ4n) is 1.54. The van der Waals surface area contributed by atoms with Gasteiger partial charge in [-0.1, -0.05) is 26.0 Å². The number of ether oxygens (including phenoxy) is 1. The highest BCUT2D eigenvalue weighted by atomic mass is 19.1. The number of hydrogen-bond donors (Lipinski definition) is 2. The van der Waals surface area contributed by atoms with Gasteiger partial charge in [-0.3, -0.25) is 4.79 Å². The molecule has 1 aromatic rings. The molecule has 0 heterocycles. The molecule has 1 aromatic carbocycles. The van der Waals surface area contributed by atoms with Gasteiger partial charge in [0.25, 0.3) is 0 Å². The number of para-hydroxylation sites is 1. The lowest BCUT2D eigenvalue weighted by molar-refractivity contribution is -0.122. The van der Waals surface area contributed by atoms with Gasteiger partial charge in [-0.15, -0.1) is 0 Å². The molecule has 19 heavy (non-hydrogen) atoms. The Labute approximate surface area is 113 Å². The quantitative estimate of drug-likeness (QED) is 0.707. The van der Waals surface area contributed by atoms with Crippen LogP contribution < -0.4 is 15.8 Å². The average molecular weight is 268 g/mol. The normalized spacial score (nSPS) is 12.2. The molecule has 1 rings (SSSR count). The van der Waals surface area contributed by atoms with E-state index < -0.39 is 17.6 Å². The summed E-state index contributed by atoms with van der Waals surface area (Å²) in [5.74, 6) is -1.13. The van der Waals surface area contributed by atoms with Gasteiger partial charge < -0.3 is 15.8 Å². The number of carbonyl (C=O) groups excluding carboxylic acids is 1. The van der Waals surface area contributed by atoms with Gasteiger partial charge in [0.2, 0.25) is 5.91 Å². The molecular formula is C14H21FN2O2. The lowest BCUT2D eigenvalue weighted by atomic mass is 10.1. The highest BCUT2D eigenvalue weighted by Crippen LogP contribution is 2.23. The van der Waals surface area contributed by atoms with Crippen molar-refractivity contribution >= 4 is 5.91 Å². The summed E-state index contributed by atoms with van der Waals surface area (Å²) in [6, 6.07) is 4.78. The number of amides is 1. The average Bonchev–Trinajstić information content (AvgIpc) is 2.37. The first-order chi connectivity index (χ1) is 9.06. The molecule has 0 radical (unpaired) electrons. The zero-order valence-electron chi connectivity index (χ0n) is 11.4. The summed E-state index contributed by atoms with van der Waals surface area (Å²) >= 11 is 0. The van der Waals surface area contributed by atoms with Crippen LogP contribution >= 0.6 is 0 Å². The Morgan fingerprint density at radius 3 is 2.89 bits per heavy atom. The third-order valence-electron chi connectivity index (χ3n) is 2.75. The van der Waals surface area contributed by atoms with Gasteiger partial charge in [-0.05, 0) is 19.0 Å². The molecular weight excluding hydrogens is 247 g/mol. The lowest BCUT2D eigenvalue weighted by Crippen LogP contribution is -2.26. The van der Waals surface area contributed by atoms with Crippen LogP contribution in [0.3, 0.4) is 0 Å². The smallest absolute Gasteiger partial charge is 0.223 e. The molecule has 0 saturated carbocycles. The van der Waals surface area contributed by atoms with Crippen molar-refractivity contribution < 1.29 is 13.9 Å². The third kappa shape index (κ3) is 4.87. The minimum absolute atomic E-state index is 0.0804. The van der Waals surface area contributed by atoms with Crippen molar-refractivity contribution in [1.82, 2.24) is 5.32 Å². The van der Waals surface area contributed by atoms with Crippen molar-refractivity contribution in [3.63, 3.8) is 0 Å². The van der Waals surface area contributed by atoms with Crippen LogP contribution in [0, 0.1) is 11.7 Å². The molecule has 4 nitrogen and oxygen atoms in total. The fraction of sp³-hybridized carbons (Fsp3) is 0.500. The Morgan fingerprint density at radius 2 is 2.26 bits per heavy atom. The largest absolute Gasteiger partial charge is 0.489 e. The van der Waals surface area contributed by atoms with E-state index in [0.717, 1.165) is 18.5 Å². The molecule has 0 aliphatic rings. The van der Waals surface area contributed by atoms with Crippen molar-refractivity contribution in [2.45, 2.75) is 26.8 Å². The zero-order chi connectivity index (χ0) is 14.3. The maximum Gasteiger partial charge on any atom is 0.223 e. The predicted molar refractivity (Wildman–Crippen MR) is 72.3 cm³/mol. The Bertz CT molecular complexity index is 424. The number of halogens is 1. The molecule has 0 saturated heterocycles. The van der Waals surface area contributed by atoms with E-state index in [1.54, 1.807) is 19.1 Å². The molecule has 0 fully saturated rings. The first-order valence-electron chi connectivity index (χ1n) is 6.46. The summed E-state index contributed by atoms with van der Waals surface area (Å²) in [5, 5.41) is 3.19. The second-order valence-corrected chi connectivity index (χ2v) is 4.52. The van der Waals surface area contributed by atoms with E-state index in [-0.39, 0.29) is 12.4 Å². The van der Waals surface area contributed by atoms with Gasteiger partial charge in [0.15, 0.2) is 11.6 Å². The standard InChI is InChI=1S/C14H21FN2O2/c1-3-7-17-8-11-5-4-6-12(15)13(11)19-9-10(2)14(16)18/h4-6,10,17H,3,7-9H2,1-2H3,(H2,16,18). The molecule has 5 heteroatoms. The number of carbonyl (C=O) groups is 1. The molecule has 1 atom stereocenters. The van der Waals surface area contributed by atoms with Crippen LogP contribution in [0.1, 0.15) is 25.8 Å². The van der Waals surface area contributed by atoms with Crippen LogP contribution in [0.4, 0.5) is 4.39 Å². The van der Waals surface area contributed by atoms with Crippen molar-refractivity contribution in [1.29, 1.82) is 0 Å². The summed E-state index contributed by atoms with van der Waals surface area (Å²) < 4.78 is 19.1. The van der Waals surface area contributed by atoms with Crippen LogP contribution in [0.2, 0.25) is 0 Å². The van der Waals surface area contributed by atoms with Crippen molar-refractivity contribution in [2.24, 2.45) is 11.7 Å². The molecule has 106 valence electrons. The highest BCUT2D eigenvalue weighted by Gasteiger charge is 2.14. The van der Waals surface area contributed by atoms with E-state index in [4.69, 9.17) is 10.5 Å². The van der Waals surface area contributed by atoms with Gasteiger partial charge in [0.1, 0.15) is 0 Å². The first kappa shape index (κ1) is 15.4. The minimum Gasteiger partial charge on any atom is -0.489 e. The van der Waals surface area contributed by atoms with Gasteiger partial charge in [-0.25, -0.2) is 4.39 Å². The fourth-order valence-corrected chi connectivity index (χ4v) is 1.54. The number of benzene rings is 1. The van der Waals surface area contributed by atoms with Gasteiger partial charge >= 0.3 is 0 Å². The molecule has 3 N–H and O–H groups in total. The van der Waals surface area contributed by atoms with Gasteiger partial charge in [-0.2, -0.15) is 0 Å². The zero-order valence-corrected chi connectivity index (χ0v) is 11.4. The van der Waals surface area contributed by atoms with Crippen molar-refractivity contribution in [3.8, 4) is 5.75 Å². The van der Waals surface area contributed by atoms with E-state index in [0.29, 0.717) is 6.54 Å². The highest BCUT2D eigenvalue weighted by molar-refractivity contribution is 5.76. The number of rotatable bonds is 8. The van der Waals surface area contributed by atoms with E-state index >= 15 is 0 Å². The Morgan fingerprint density at radius 1 is 1.53 bits per heavy atom. The summed E-state index contributed by atoms with van der Waals surface area (Å²) in [6.45, 7) is 5.18. The molecule has 0 spiro atoms. The second kappa shape index (κ2) is 7.74. The maximum atomic E-state index is 13.7. The van der Waals surface area contributed by atoms with E-state index in [1.807, 2.05) is 0 Å². The third-order valence-corrected chi connectivity index (χ3v) is 2.75. The summed E-state index contributed by atoms with van der Waals surface area (Å²) in [6.07, 6.45) is 1.00.